The van der Waals surface area contributed by atoms with Crippen LogP contribution < -0.4 is 4.74 Å². The van der Waals surface area contributed by atoms with E-state index >= 15 is 0 Å². The van der Waals surface area contributed by atoms with Crippen LogP contribution in [-0.2, 0) is 0 Å². The van der Waals surface area contributed by atoms with E-state index in [1.807, 2.05) is 25.1 Å². The Labute approximate surface area is 125 Å². The zero-order chi connectivity index (χ0) is 14.3. The Hall–Kier alpha value is -1.39. The lowest BCUT2D eigenvalue weighted by atomic mass is 9.94. The Balaban J connectivity index is 1.97. The molecule has 2 aromatic rings. The summed E-state index contributed by atoms with van der Waals surface area (Å²) in [5.74, 6) is 0.184. The predicted molar refractivity (Wildman–Crippen MR) is 78.2 cm³/mol. The molecular formula is C16H14BrFO2. The average Bonchev–Trinajstić information content (AvgIpc) is 2.39. The van der Waals surface area contributed by atoms with Crippen molar-refractivity contribution in [3.05, 3.63) is 63.4 Å². The minimum absolute atomic E-state index is 0.238. The van der Waals surface area contributed by atoms with Crippen LogP contribution in [0.1, 0.15) is 35.3 Å². The largest absolute Gasteiger partial charge is 0.485 e. The van der Waals surface area contributed by atoms with Crippen LogP contribution in [0.3, 0.4) is 0 Å². The molecule has 0 aliphatic carbocycles. The fourth-order valence-corrected chi connectivity index (χ4v) is 3.25. The molecule has 0 fully saturated rings. The van der Waals surface area contributed by atoms with Crippen LogP contribution in [0.4, 0.5) is 4.39 Å². The van der Waals surface area contributed by atoms with Crippen molar-refractivity contribution < 1.29 is 14.2 Å². The summed E-state index contributed by atoms with van der Waals surface area (Å²) in [6.07, 6.45) is -0.538. The summed E-state index contributed by atoms with van der Waals surface area (Å²) in [6, 6.07) is 10.3. The molecule has 0 radical (unpaired) electrons. The maximum absolute atomic E-state index is 13.2. The van der Waals surface area contributed by atoms with Gasteiger partial charge in [-0.25, -0.2) is 4.39 Å². The second kappa shape index (κ2) is 5.19. The van der Waals surface area contributed by atoms with Crippen molar-refractivity contribution in [2.45, 2.75) is 25.6 Å². The quantitative estimate of drug-likeness (QED) is 0.833. The molecule has 0 spiro atoms. The molecule has 1 heterocycles. The standard InChI is InChI=1S/C16H14BrFO2/c1-9-2-4-11(13(17)6-9)16-8-14(19)12-7-10(18)3-5-15(12)20-16/h2-7,14,16,19H,8H2,1H3. The topological polar surface area (TPSA) is 29.5 Å². The van der Waals surface area contributed by atoms with E-state index in [4.69, 9.17) is 4.74 Å². The van der Waals surface area contributed by atoms with E-state index in [1.54, 1.807) is 6.07 Å². The number of aryl methyl sites for hydroxylation is 1. The van der Waals surface area contributed by atoms with Crippen LogP contribution in [0, 0.1) is 12.7 Å². The van der Waals surface area contributed by atoms with Gasteiger partial charge in [-0.3, -0.25) is 0 Å². The molecule has 2 atom stereocenters. The lowest BCUT2D eigenvalue weighted by Crippen LogP contribution is -2.19. The number of hydrogen-bond donors (Lipinski definition) is 1. The van der Waals surface area contributed by atoms with E-state index in [0.717, 1.165) is 15.6 Å². The van der Waals surface area contributed by atoms with Crippen molar-refractivity contribution in [1.82, 2.24) is 0 Å². The molecule has 4 heteroatoms. The molecule has 2 nitrogen and oxygen atoms in total. The van der Waals surface area contributed by atoms with Crippen molar-refractivity contribution >= 4 is 15.9 Å². The Morgan fingerprint density at radius 2 is 2.00 bits per heavy atom. The van der Waals surface area contributed by atoms with Crippen LogP contribution in [0.5, 0.6) is 5.75 Å². The summed E-state index contributed by atoms with van der Waals surface area (Å²) in [6.45, 7) is 2.02. The molecule has 1 aliphatic heterocycles. The summed E-state index contributed by atoms with van der Waals surface area (Å²) < 4.78 is 20.1. The average molecular weight is 337 g/mol. The Kier molecular flexibility index (Phi) is 3.52. The Bertz CT molecular complexity index is 657. The minimum Gasteiger partial charge on any atom is -0.485 e. The maximum atomic E-state index is 13.2. The first-order valence-electron chi connectivity index (χ1n) is 6.45. The molecule has 104 valence electrons. The number of hydrogen-bond acceptors (Lipinski definition) is 2. The summed E-state index contributed by atoms with van der Waals surface area (Å²) in [5.41, 5.74) is 2.66. The van der Waals surface area contributed by atoms with Gasteiger partial charge in [-0.1, -0.05) is 28.1 Å². The predicted octanol–water partition coefficient (Wildman–Crippen LogP) is 4.45. The maximum Gasteiger partial charge on any atom is 0.128 e. The number of ether oxygens (including phenoxy) is 1. The highest BCUT2D eigenvalue weighted by molar-refractivity contribution is 9.10. The van der Waals surface area contributed by atoms with Crippen molar-refractivity contribution in [1.29, 1.82) is 0 Å². The first-order chi connectivity index (χ1) is 9.54. The molecule has 1 aliphatic rings. The third-order valence-electron chi connectivity index (χ3n) is 3.54. The van der Waals surface area contributed by atoms with Gasteiger partial charge in [0.2, 0.25) is 0 Å². The van der Waals surface area contributed by atoms with Gasteiger partial charge >= 0.3 is 0 Å². The van der Waals surface area contributed by atoms with Gasteiger partial charge in [0.1, 0.15) is 17.7 Å². The van der Waals surface area contributed by atoms with Crippen LogP contribution in [-0.4, -0.2) is 5.11 Å². The molecule has 3 rings (SSSR count). The van der Waals surface area contributed by atoms with Crippen LogP contribution in [0.15, 0.2) is 40.9 Å². The van der Waals surface area contributed by atoms with Crippen molar-refractivity contribution in [3.8, 4) is 5.75 Å². The lowest BCUT2D eigenvalue weighted by molar-refractivity contribution is 0.0650. The third-order valence-corrected chi connectivity index (χ3v) is 4.23. The van der Waals surface area contributed by atoms with Crippen molar-refractivity contribution in [2.75, 3.05) is 0 Å². The molecule has 2 unspecified atom stereocenters. The molecule has 0 bridgehead atoms. The monoisotopic (exact) mass is 336 g/mol. The molecule has 0 amide bonds. The first kappa shape index (κ1) is 13.6. The molecule has 0 aromatic heterocycles. The van der Waals surface area contributed by atoms with Gasteiger partial charge in [0.15, 0.2) is 0 Å². The molecule has 20 heavy (non-hydrogen) atoms. The van der Waals surface area contributed by atoms with E-state index in [-0.39, 0.29) is 11.9 Å². The van der Waals surface area contributed by atoms with Crippen LogP contribution in [0.25, 0.3) is 0 Å². The summed E-state index contributed by atoms with van der Waals surface area (Å²) in [7, 11) is 0. The molecular weight excluding hydrogens is 323 g/mol. The van der Waals surface area contributed by atoms with E-state index in [2.05, 4.69) is 15.9 Å². The van der Waals surface area contributed by atoms with Crippen LogP contribution in [0.2, 0.25) is 0 Å². The number of fused-ring (bicyclic) bond motifs is 1. The Morgan fingerprint density at radius 3 is 2.75 bits per heavy atom. The number of halogens is 2. The number of aliphatic hydroxyl groups excluding tert-OH is 1. The summed E-state index contributed by atoms with van der Waals surface area (Å²) in [4.78, 5) is 0. The van der Waals surface area contributed by atoms with E-state index < -0.39 is 6.10 Å². The highest BCUT2D eigenvalue weighted by atomic mass is 79.9. The zero-order valence-corrected chi connectivity index (χ0v) is 12.5. The molecule has 0 saturated heterocycles. The number of aliphatic hydroxyl groups is 1. The highest BCUT2D eigenvalue weighted by Crippen LogP contribution is 2.42. The number of benzene rings is 2. The fraction of sp³-hybridized carbons (Fsp3) is 0.250. The van der Waals surface area contributed by atoms with E-state index in [0.29, 0.717) is 17.7 Å². The van der Waals surface area contributed by atoms with Gasteiger partial charge in [-0.15, -0.1) is 0 Å². The fourth-order valence-electron chi connectivity index (χ4n) is 2.50. The highest BCUT2D eigenvalue weighted by Gasteiger charge is 2.29. The van der Waals surface area contributed by atoms with E-state index in [9.17, 15) is 9.50 Å². The smallest absolute Gasteiger partial charge is 0.128 e. The van der Waals surface area contributed by atoms with Gasteiger partial charge < -0.3 is 9.84 Å². The van der Waals surface area contributed by atoms with Gasteiger partial charge in [0.05, 0.1) is 6.10 Å². The summed E-state index contributed by atoms with van der Waals surface area (Å²) in [5, 5.41) is 10.2. The van der Waals surface area contributed by atoms with Gasteiger partial charge in [0.25, 0.3) is 0 Å². The van der Waals surface area contributed by atoms with Crippen molar-refractivity contribution in [2.24, 2.45) is 0 Å². The molecule has 2 aromatic carbocycles. The summed E-state index contributed by atoms with van der Waals surface area (Å²) >= 11 is 3.53. The van der Waals surface area contributed by atoms with Crippen LogP contribution >= 0.6 is 15.9 Å². The first-order valence-corrected chi connectivity index (χ1v) is 7.24. The second-order valence-electron chi connectivity index (χ2n) is 5.07. The molecule has 1 N–H and O–H groups in total. The zero-order valence-electron chi connectivity index (χ0n) is 10.9. The van der Waals surface area contributed by atoms with Gasteiger partial charge in [-0.2, -0.15) is 0 Å². The SMILES string of the molecule is Cc1ccc(C2CC(O)c3cc(F)ccc3O2)c(Br)c1. The second-order valence-corrected chi connectivity index (χ2v) is 5.92. The third kappa shape index (κ3) is 2.45. The van der Waals surface area contributed by atoms with Gasteiger partial charge in [-0.05, 0) is 36.8 Å². The normalized spacial score (nSPS) is 21.2. The number of rotatable bonds is 1. The minimum atomic E-state index is -0.715. The molecule has 0 saturated carbocycles. The van der Waals surface area contributed by atoms with Crippen molar-refractivity contribution in [3.63, 3.8) is 0 Å². The van der Waals surface area contributed by atoms with Gasteiger partial charge in [0, 0.05) is 22.0 Å². The lowest BCUT2D eigenvalue weighted by Gasteiger charge is -2.30. The Morgan fingerprint density at radius 1 is 1.20 bits per heavy atom. The van der Waals surface area contributed by atoms with E-state index in [1.165, 1.54) is 12.1 Å².